The van der Waals surface area contributed by atoms with Crippen molar-refractivity contribution in [3.8, 4) is 12.3 Å². The van der Waals surface area contributed by atoms with Gasteiger partial charge in [-0.25, -0.2) is 0 Å². The zero-order valence-electron chi connectivity index (χ0n) is 12.8. The van der Waals surface area contributed by atoms with E-state index in [0.717, 1.165) is 11.1 Å². The topological polar surface area (TPSA) is 60.0 Å². The van der Waals surface area contributed by atoms with Gasteiger partial charge in [0.15, 0.2) is 12.6 Å². The molecular formula is C16H18ClN3O2. The van der Waals surface area contributed by atoms with Gasteiger partial charge in [0.1, 0.15) is 0 Å². The van der Waals surface area contributed by atoms with Gasteiger partial charge >= 0.3 is 0 Å². The number of oxime groups is 1. The molecule has 5 nitrogen and oxygen atoms in total. The first-order valence-electron chi connectivity index (χ1n) is 6.66. The van der Waals surface area contributed by atoms with Crippen molar-refractivity contribution < 1.29 is 9.70 Å². The van der Waals surface area contributed by atoms with Crippen LogP contribution < -0.4 is 0 Å². The van der Waals surface area contributed by atoms with Gasteiger partial charge in [0.25, 0.3) is 0 Å². The summed E-state index contributed by atoms with van der Waals surface area (Å²) in [5.74, 6) is 2.30. The zero-order valence-corrected chi connectivity index (χ0v) is 13.5. The predicted molar refractivity (Wildman–Crippen MR) is 88.5 cm³/mol. The fourth-order valence-electron chi connectivity index (χ4n) is 1.55. The van der Waals surface area contributed by atoms with E-state index in [-0.39, 0.29) is 6.61 Å². The lowest BCUT2D eigenvalue weighted by Crippen LogP contribution is -2.13. The molecule has 0 fully saturated rings. The van der Waals surface area contributed by atoms with Crippen LogP contribution in [0.2, 0.25) is 5.02 Å². The Balaban J connectivity index is 2.84. The Labute approximate surface area is 135 Å². The number of halogens is 1. The van der Waals surface area contributed by atoms with Crippen molar-refractivity contribution in [2.45, 2.75) is 26.8 Å². The van der Waals surface area contributed by atoms with Crippen molar-refractivity contribution in [1.29, 1.82) is 0 Å². The van der Waals surface area contributed by atoms with Gasteiger partial charge in [-0.05, 0) is 32.0 Å². The monoisotopic (exact) mass is 319 g/mol. The van der Waals surface area contributed by atoms with Crippen molar-refractivity contribution in [2.75, 3.05) is 6.61 Å². The van der Waals surface area contributed by atoms with Crippen LogP contribution in [0.5, 0.6) is 0 Å². The second kappa shape index (κ2) is 8.85. The number of allylic oxidation sites excluding steroid dienone is 1. The number of terminal acetylenes is 1. The molecule has 0 spiro atoms. The Bertz CT molecular complexity index is 645. The minimum absolute atomic E-state index is 0.0800. The Kier molecular flexibility index (Phi) is 7.14. The minimum atomic E-state index is -0.425. The lowest BCUT2D eigenvalue weighted by molar-refractivity contribution is -0.459. The molecule has 0 aliphatic heterocycles. The molecule has 1 aromatic carbocycles. The summed E-state index contributed by atoms with van der Waals surface area (Å²) in [7, 11) is 0. The first kappa shape index (κ1) is 17.7. The molecule has 1 rings (SSSR count). The highest BCUT2D eigenvalue weighted by Gasteiger charge is 2.10. The molecule has 0 heterocycles. The van der Waals surface area contributed by atoms with Crippen LogP contribution in [0.3, 0.4) is 0 Å². The average molecular weight is 320 g/mol. The number of azo groups is 1. The predicted octanol–water partition coefficient (Wildman–Crippen LogP) is 4.08. The van der Waals surface area contributed by atoms with Crippen LogP contribution in [0.15, 0.2) is 40.7 Å². The van der Waals surface area contributed by atoms with E-state index in [2.05, 4.69) is 16.2 Å². The van der Waals surface area contributed by atoms with Crippen LogP contribution in [-0.4, -0.2) is 23.2 Å². The Morgan fingerprint density at radius 1 is 1.50 bits per heavy atom. The van der Waals surface area contributed by atoms with Crippen molar-refractivity contribution in [3.05, 3.63) is 46.3 Å². The van der Waals surface area contributed by atoms with E-state index in [1.54, 1.807) is 26.8 Å². The van der Waals surface area contributed by atoms with Crippen molar-refractivity contribution in [2.24, 2.45) is 10.3 Å². The molecule has 0 aliphatic carbocycles. The smallest absolute Gasteiger partial charge is 0.212 e. The van der Waals surface area contributed by atoms with Gasteiger partial charge in [-0.1, -0.05) is 45.7 Å². The van der Waals surface area contributed by atoms with Gasteiger partial charge in [0.2, 0.25) is 6.20 Å². The lowest BCUT2D eigenvalue weighted by atomic mass is 10.1. The number of benzene rings is 1. The molecule has 116 valence electrons. The number of nitrogens with zero attached hydrogens (tertiary/aromatic N) is 3. The fraction of sp³-hybridized carbons (Fsp3) is 0.312. The first-order valence-corrected chi connectivity index (χ1v) is 7.04. The number of hydrogen-bond acceptors (Lipinski definition) is 4. The highest BCUT2D eigenvalue weighted by Crippen LogP contribution is 2.22. The molecule has 1 aromatic rings. The van der Waals surface area contributed by atoms with Crippen LogP contribution in [-0.2, 0) is 4.84 Å². The SMILES string of the molecule is C#CCON=C(C)C(C)N=[N+]([O-])C=C(C)c1ccccc1Cl. The molecule has 0 aliphatic rings. The zero-order chi connectivity index (χ0) is 16.5. The number of hydroxylamine groups is 1. The first-order chi connectivity index (χ1) is 10.5. The standard InChI is InChI=1S/C16H18ClN3O2/c1-5-10-22-19-14(4)13(3)18-20(21)11-12(2)15-8-6-7-9-16(15)17/h1,6-9,11,13H,10H2,2-4H3. The maximum absolute atomic E-state index is 11.9. The van der Waals surface area contributed by atoms with Crippen molar-refractivity contribution >= 4 is 22.9 Å². The quantitative estimate of drug-likeness (QED) is 0.198. The normalized spacial score (nSPS) is 14.4. The van der Waals surface area contributed by atoms with E-state index in [9.17, 15) is 5.21 Å². The highest BCUT2D eigenvalue weighted by molar-refractivity contribution is 6.32. The van der Waals surface area contributed by atoms with Crippen LogP contribution in [0.1, 0.15) is 26.3 Å². The maximum Gasteiger partial charge on any atom is 0.212 e. The van der Waals surface area contributed by atoms with E-state index >= 15 is 0 Å². The summed E-state index contributed by atoms with van der Waals surface area (Å²) < 4.78 is 0. The molecule has 6 heteroatoms. The van der Waals surface area contributed by atoms with E-state index in [4.69, 9.17) is 22.9 Å². The van der Waals surface area contributed by atoms with Crippen LogP contribution >= 0.6 is 11.6 Å². The highest BCUT2D eigenvalue weighted by atomic mass is 35.5. The molecule has 0 saturated carbocycles. The number of rotatable bonds is 6. The van der Waals surface area contributed by atoms with Gasteiger partial charge in [-0.3, -0.25) is 0 Å². The van der Waals surface area contributed by atoms with E-state index in [1.165, 1.54) is 6.20 Å². The molecule has 0 saturated heterocycles. The summed E-state index contributed by atoms with van der Waals surface area (Å²) >= 11 is 6.09. The second-order valence-corrected chi connectivity index (χ2v) is 5.00. The van der Waals surface area contributed by atoms with Gasteiger partial charge in [-0.15, -0.1) is 6.42 Å². The molecular weight excluding hydrogens is 302 g/mol. The Morgan fingerprint density at radius 2 is 2.18 bits per heavy atom. The lowest BCUT2D eigenvalue weighted by Gasteiger charge is -2.05. The minimum Gasteiger partial charge on any atom is -0.595 e. The summed E-state index contributed by atoms with van der Waals surface area (Å²) in [6.45, 7) is 5.32. The average Bonchev–Trinajstić information content (AvgIpc) is 2.47. The van der Waals surface area contributed by atoms with Crippen molar-refractivity contribution in [1.82, 2.24) is 0 Å². The van der Waals surface area contributed by atoms with Gasteiger partial charge in [0.05, 0.1) is 5.71 Å². The summed E-state index contributed by atoms with van der Waals surface area (Å²) in [6.07, 6.45) is 6.42. The summed E-state index contributed by atoms with van der Waals surface area (Å²) in [5.41, 5.74) is 2.06. The van der Waals surface area contributed by atoms with E-state index < -0.39 is 6.04 Å². The molecule has 0 bridgehead atoms. The van der Waals surface area contributed by atoms with Crippen molar-refractivity contribution in [3.63, 3.8) is 0 Å². The largest absolute Gasteiger partial charge is 0.595 e. The Morgan fingerprint density at radius 3 is 2.82 bits per heavy atom. The van der Waals surface area contributed by atoms with E-state index in [1.807, 2.05) is 18.2 Å². The van der Waals surface area contributed by atoms with Crippen LogP contribution in [0.25, 0.3) is 5.57 Å². The molecule has 22 heavy (non-hydrogen) atoms. The summed E-state index contributed by atoms with van der Waals surface area (Å²) in [4.78, 5) is 5.36. The fourth-order valence-corrected chi connectivity index (χ4v) is 1.84. The molecule has 0 amide bonds. The van der Waals surface area contributed by atoms with Crippen LogP contribution in [0, 0.1) is 17.6 Å². The summed E-state index contributed by atoms with van der Waals surface area (Å²) in [5, 5.41) is 20.2. The molecule has 1 atom stereocenters. The molecule has 1 unspecified atom stereocenters. The van der Waals surface area contributed by atoms with Crippen LogP contribution in [0.4, 0.5) is 0 Å². The molecule has 0 radical (unpaired) electrons. The van der Waals surface area contributed by atoms with Gasteiger partial charge in [0, 0.05) is 16.2 Å². The molecule has 0 aromatic heterocycles. The summed E-state index contributed by atoms with van der Waals surface area (Å²) in [6, 6.07) is 6.86. The number of hydrogen-bond donors (Lipinski definition) is 0. The Hall–Kier alpha value is -2.32. The van der Waals surface area contributed by atoms with E-state index in [0.29, 0.717) is 15.6 Å². The third kappa shape index (κ3) is 5.58. The second-order valence-electron chi connectivity index (χ2n) is 4.60. The van der Waals surface area contributed by atoms with Gasteiger partial charge in [-0.2, -0.15) is 0 Å². The maximum atomic E-state index is 11.9. The molecule has 0 N–H and O–H groups in total. The third-order valence-electron chi connectivity index (χ3n) is 2.85. The van der Waals surface area contributed by atoms with Gasteiger partial charge < -0.3 is 10.0 Å². The third-order valence-corrected chi connectivity index (χ3v) is 3.18.